The molecule has 100 valence electrons. The van der Waals surface area contributed by atoms with Gasteiger partial charge in [-0.1, -0.05) is 20.8 Å². The molecule has 0 radical (unpaired) electrons. The van der Waals surface area contributed by atoms with Crippen LogP contribution >= 0.6 is 0 Å². The second-order valence-electron chi connectivity index (χ2n) is 4.45. The van der Waals surface area contributed by atoms with Crippen molar-refractivity contribution >= 4 is 11.9 Å². The summed E-state index contributed by atoms with van der Waals surface area (Å²) in [5, 5.41) is 8.86. The first-order valence-electron chi connectivity index (χ1n) is 6.13. The molecule has 0 saturated heterocycles. The summed E-state index contributed by atoms with van der Waals surface area (Å²) in [5.74, 6) is -1.62. The first kappa shape index (κ1) is 15.9. The standard InChI is InChI=1S/C12H24N2O3/c1-5-12(13,6-2)11(17)14(7-3)8-9(4)10(15)16/h9H,5-8,13H2,1-4H3,(H,15,16). The van der Waals surface area contributed by atoms with Gasteiger partial charge >= 0.3 is 5.97 Å². The summed E-state index contributed by atoms with van der Waals surface area (Å²) < 4.78 is 0. The predicted octanol–water partition coefficient (Wildman–Crippen LogP) is 1.07. The van der Waals surface area contributed by atoms with E-state index >= 15 is 0 Å². The Kier molecular flexibility index (Phi) is 6.16. The van der Waals surface area contributed by atoms with Crippen LogP contribution in [0.4, 0.5) is 0 Å². The minimum Gasteiger partial charge on any atom is -0.481 e. The lowest BCUT2D eigenvalue weighted by atomic mass is 9.92. The van der Waals surface area contributed by atoms with Gasteiger partial charge in [-0.3, -0.25) is 9.59 Å². The van der Waals surface area contributed by atoms with Crippen molar-refractivity contribution in [2.45, 2.75) is 46.1 Å². The van der Waals surface area contributed by atoms with E-state index in [0.29, 0.717) is 19.4 Å². The maximum Gasteiger partial charge on any atom is 0.308 e. The number of carboxylic acid groups (broad SMARTS) is 1. The van der Waals surface area contributed by atoms with Crippen molar-refractivity contribution in [3.63, 3.8) is 0 Å². The van der Waals surface area contributed by atoms with Crippen LogP contribution in [0, 0.1) is 5.92 Å². The van der Waals surface area contributed by atoms with Crippen LogP contribution in [0.15, 0.2) is 0 Å². The molecule has 0 fully saturated rings. The predicted molar refractivity (Wildman–Crippen MR) is 66.6 cm³/mol. The van der Waals surface area contributed by atoms with E-state index < -0.39 is 17.4 Å². The number of carbonyl (C=O) groups excluding carboxylic acids is 1. The molecule has 0 spiro atoms. The summed E-state index contributed by atoms with van der Waals surface area (Å²) >= 11 is 0. The van der Waals surface area contributed by atoms with Crippen molar-refractivity contribution in [1.82, 2.24) is 4.90 Å². The number of hydrogen-bond acceptors (Lipinski definition) is 3. The fraction of sp³-hybridized carbons (Fsp3) is 0.833. The number of rotatable bonds is 7. The summed E-state index contributed by atoms with van der Waals surface area (Å²) in [6, 6.07) is 0. The molecule has 0 aliphatic heterocycles. The van der Waals surface area contributed by atoms with E-state index in [4.69, 9.17) is 10.8 Å². The molecule has 1 unspecified atom stereocenters. The molecule has 0 aromatic rings. The Morgan fingerprint density at radius 1 is 1.29 bits per heavy atom. The largest absolute Gasteiger partial charge is 0.481 e. The fourth-order valence-corrected chi connectivity index (χ4v) is 1.63. The van der Waals surface area contributed by atoms with Gasteiger partial charge in [0, 0.05) is 13.1 Å². The molecule has 0 aliphatic rings. The monoisotopic (exact) mass is 244 g/mol. The lowest BCUT2D eigenvalue weighted by Crippen LogP contribution is -2.55. The quantitative estimate of drug-likeness (QED) is 0.701. The van der Waals surface area contributed by atoms with E-state index in [1.165, 1.54) is 4.90 Å². The number of likely N-dealkylation sites (N-methyl/N-ethyl adjacent to an activating group) is 1. The highest BCUT2D eigenvalue weighted by Gasteiger charge is 2.34. The normalized spacial score (nSPS) is 13.2. The van der Waals surface area contributed by atoms with Gasteiger partial charge in [0.1, 0.15) is 0 Å². The lowest BCUT2D eigenvalue weighted by molar-refractivity contribution is -0.144. The van der Waals surface area contributed by atoms with Gasteiger partial charge in [-0.05, 0) is 19.8 Å². The zero-order valence-electron chi connectivity index (χ0n) is 11.2. The van der Waals surface area contributed by atoms with Gasteiger partial charge in [0.05, 0.1) is 11.5 Å². The molecule has 0 saturated carbocycles. The van der Waals surface area contributed by atoms with Gasteiger partial charge in [0.25, 0.3) is 0 Å². The molecule has 0 aromatic carbocycles. The van der Waals surface area contributed by atoms with E-state index in [1.54, 1.807) is 6.92 Å². The molecular formula is C12H24N2O3. The topological polar surface area (TPSA) is 83.6 Å². The third-order valence-corrected chi connectivity index (χ3v) is 3.27. The summed E-state index contributed by atoms with van der Waals surface area (Å²) in [6.07, 6.45) is 1.11. The van der Waals surface area contributed by atoms with Crippen molar-refractivity contribution in [3.05, 3.63) is 0 Å². The molecule has 0 heterocycles. The number of carbonyl (C=O) groups is 2. The second kappa shape index (κ2) is 6.59. The SMILES string of the molecule is CCN(CC(C)C(=O)O)C(=O)C(N)(CC)CC. The Morgan fingerprint density at radius 2 is 1.76 bits per heavy atom. The van der Waals surface area contributed by atoms with Crippen molar-refractivity contribution in [3.8, 4) is 0 Å². The zero-order valence-corrected chi connectivity index (χ0v) is 11.2. The van der Waals surface area contributed by atoms with Crippen LogP contribution in [0.25, 0.3) is 0 Å². The van der Waals surface area contributed by atoms with Crippen LogP contribution < -0.4 is 5.73 Å². The molecule has 0 rings (SSSR count). The van der Waals surface area contributed by atoms with E-state index in [0.717, 1.165) is 0 Å². The highest BCUT2D eigenvalue weighted by Crippen LogP contribution is 2.16. The van der Waals surface area contributed by atoms with Gasteiger partial charge in [-0.15, -0.1) is 0 Å². The van der Waals surface area contributed by atoms with E-state index in [1.807, 2.05) is 20.8 Å². The number of hydrogen-bond donors (Lipinski definition) is 2. The highest BCUT2D eigenvalue weighted by atomic mass is 16.4. The molecule has 5 nitrogen and oxygen atoms in total. The van der Waals surface area contributed by atoms with Crippen LogP contribution in [0.3, 0.4) is 0 Å². The maximum absolute atomic E-state index is 12.2. The number of nitrogens with zero attached hydrogens (tertiary/aromatic N) is 1. The van der Waals surface area contributed by atoms with Crippen molar-refractivity contribution in [1.29, 1.82) is 0 Å². The summed E-state index contributed by atoms with van der Waals surface area (Å²) in [6.45, 7) is 7.86. The number of carboxylic acids is 1. The molecule has 0 aromatic heterocycles. The summed E-state index contributed by atoms with van der Waals surface area (Å²) in [5.41, 5.74) is 5.16. The van der Waals surface area contributed by atoms with Gasteiger partial charge in [0.2, 0.25) is 5.91 Å². The van der Waals surface area contributed by atoms with Crippen molar-refractivity contribution in [2.75, 3.05) is 13.1 Å². The summed E-state index contributed by atoms with van der Waals surface area (Å²) in [7, 11) is 0. The Bertz CT molecular complexity index is 275. The second-order valence-corrected chi connectivity index (χ2v) is 4.45. The third kappa shape index (κ3) is 4.00. The Balaban J connectivity index is 4.77. The molecule has 0 aliphatic carbocycles. The van der Waals surface area contributed by atoms with E-state index in [-0.39, 0.29) is 12.5 Å². The molecule has 1 amide bonds. The summed E-state index contributed by atoms with van der Waals surface area (Å²) in [4.78, 5) is 24.6. The minimum absolute atomic E-state index is 0.155. The third-order valence-electron chi connectivity index (χ3n) is 3.27. The smallest absolute Gasteiger partial charge is 0.308 e. The Hall–Kier alpha value is -1.10. The van der Waals surface area contributed by atoms with Crippen LogP contribution in [0.5, 0.6) is 0 Å². The average Bonchev–Trinajstić information content (AvgIpc) is 2.33. The molecule has 1 atom stereocenters. The lowest BCUT2D eigenvalue weighted by Gasteiger charge is -2.33. The van der Waals surface area contributed by atoms with Crippen LogP contribution in [0.2, 0.25) is 0 Å². The van der Waals surface area contributed by atoms with Gasteiger partial charge in [0.15, 0.2) is 0 Å². The van der Waals surface area contributed by atoms with Crippen molar-refractivity contribution < 1.29 is 14.7 Å². The number of nitrogens with two attached hydrogens (primary N) is 1. The van der Waals surface area contributed by atoms with Crippen LogP contribution in [-0.2, 0) is 9.59 Å². The van der Waals surface area contributed by atoms with Gasteiger partial charge in [-0.25, -0.2) is 0 Å². The van der Waals surface area contributed by atoms with Crippen LogP contribution in [-0.4, -0.2) is 40.5 Å². The van der Waals surface area contributed by atoms with Gasteiger partial charge < -0.3 is 15.7 Å². The molecule has 17 heavy (non-hydrogen) atoms. The zero-order chi connectivity index (χ0) is 13.6. The molecule has 3 N–H and O–H groups in total. The molecule has 0 bridgehead atoms. The minimum atomic E-state index is -0.896. The average molecular weight is 244 g/mol. The van der Waals surface area contributed by atoms with Gasteiger partial charge in [-0.2, -0.15) is 0 Å². The first-order chi connectivity index (χ1) is 7.82. The highest BCUT2D eigenvalue weighted by molar-refractivity contribution is 5.86. The van der Waals surface area contributed by atoms with Crippen LogP contribution in [0.1, 0.15) is 40.5 Å². The first-order valence-corrected chi connectivity index (χ1v) is 6.13. The molecular weight excluding hydrogens is 220 g/mol. The fourth-order valence-electron chi connectivity index (χ4n) is 1.63. The van der Waals surface area contributed by atoms with E-state index in [9.17, 15) is 9.59 Å². The number of aliphatic carboxylic acids is 1. The Morgan fingerprint density at radius 3 is 2.06 bits per heavy atom. The van der Waals surface area contributed by atoms with E-state index in [2.05, 4.69) is 0 Å². The molecule has 5 heteroatoms. The Labute approximate surface area is 103 Å². The number of amides is 1. The van der Waals surface area contributed by atoms with Crippen molar-refractivity contribution in [2.24, 2.45) is 11.7 Å². The maximum atomic E-state index is 12.2.